The number of hydrogen-bond donors (Lipinski definition) is 1. The molecule has 0 spiro atoms. The molecule has 0 aromatic heterocycles. The van der Waals surface area contributed by atoms with Crippen molar-refractivity contribution in [2.75, 3.05) is 6.79 Å². The number of carbonyl (C=O) groups is 4. The quantitative estimate of drug-likeness (QED) is 0.403. The van der Waals surface area contributed by atoms with Crippen LogP contribution in [0.15, 0.2) is 30.3 Å². The summed E-state index contributed by atoms with van der Waals surface area (Å²) in [7, 11) is 0. The molecule has 0 radical (unpaired) electrons. The van der Waals surface area contributed by atoms with E-state index < -0.39 is 46.1 Å². The number of amides is 1. The van der Waals surface area contributed by atoms with Gasteiger partial charge in [0, 0.05) is 6.92 Å². The number of benzene rings is 1. The maximum absolute atomic E-state index is 12.6. The van der Waals surface area contributed by atoms with E-state index in [0.29, 0.717) is 17.5 Å². The fourth-order valence-corrected chi connectivity index (χ4v) is 2.84. The molecule has 0 heterocycles. The van der Waals surface area contributed by atoms with Crippen LogP contribution in [0.2, 0.25) is 0 Å². The number of carbonyl (C=O) groups excluding carboxylic acids is 4. The minimum atomic E-state index is -1.13. The van der Waals surface area contributed by atoms with Gasteiger partial charge < -0.3 is 19.5 Å². The van der Waals surface area contributed by atoms with Gasteiger partial charge in [0.25, 0.3) is 0 Å². The van der Waals surface area contributed by atoms with Crippen molar-refractivity contribution in [1.82, 2.24) is 5.32 Å². The van der Waals surface area contributed by atoms with Crippen molar-refractivity contribution in [3.8, 4) is 5.75 Å². The second kappa shape index (κ2) is 10.3. The van der Waals surface area contributed by atoms with Gasteiger partial charge in [-0.3, -0.25) is 9.59 Å². The summed E-state index contributed by atoms with van der Waals surface area (Å²) >= 11 is 0.682. The molecule has 0 fully saturated rings. The summed E-state index contributed by atoms with van der Waals surface area (Å²) in [5.74, 6) is -1.39. The highest BCUT2D eigenvalue weighted by atomic mass is 32.2. The first-order valence-electron chi connectivity index (χ1n) is 8.90. The van der Waals surface area contributed by atoms with Crippen molar-refractivity contribution in [2.24, 2.45) is 5.41 Å². The second-order valence-corrected chi connectivity index (χ2v) is 9.36. The molecule has 29 heavy (non-hydrogen) atoms. The highest BCUT2D eigenvalue weighted by Crippen LogP contribution is 2.31. The predicted molar refractivity (Wildman–Crippen MR) is 108 cm³/mol. The van der Waals surface area contributed by atoms with E-state index in [4.69, 9.17) is 14.2 Å². The molecule has 1 aromatic rings. The lowest BCUT2D eigenvalue weighted by molar-refractivity contribution is -0.160. The number of ether oxygens (including phenoxy) is 3. The van der Waals surface area contributed by atoms with Crippen LogP contribution in [0.1, 0.15) is 41.5 Å². The van der Waals surface area contributed by atoms with E-state index in [0.717, 1.165) is 0 Å². The molecule has 1 amide bonds. The Kier molecular flexibility index (Phi) is 8.69. The molecule has 1 aromatic carbocycles. The summed E-state index contributed by atoms with van der Waals surface area (Å²) in [6, 6.07) is 7.24. The van der Waals surface area contributed by atoms with Crippen molar-refractivity contribution < 1.29 is 33.4 Å². The normalized spacial score (nSPS) is 12.5. The largest absolute Gasteiger partial charge is 0.427 e. The topological polar surface area (TPSA) is 108 Å². The molecule has 0 aliphatic carbocycles. The molecule has 0 bridgehead atoms. The second-order valence-electron chi connectivity index (χ2n) is 7.77. The summed E-state index contributed by atoms with van der Waals surface area (Å²) in [5.41, 5.74) is -0.726. The lowest BCUT2D eigenvalue weighted by atomic mass is 9.98. The van der Waals surface area contributed by atoms with Gasteiger partial charge in [0.2, 0.25) is 12.7 Å². The van der Waals surface area contributed by atoms with Crippen LogP contribution in [0.5, 0.6) is 5.75 Å². The number of hydrogen-bond acceptors (Lipinski definition) is 8. The van der Waals surface area contributed by atoms with Gasteiger partial charge in [-0.15, -0.1) is 0 Å². The summed E-state index contributed by atoms with van der Waals surface area (Å²) < 4.78 is 14.0. The minimum absolute atomic E-state index is 0.310. The lowest BCUT2D eigenvalue weighted by Gasteiger charge is -2.31. The van der Waals surface area contributed by atoms with Crippen LogP contribution in [0, 0.1) is 5.41 Å². The molecular formula is C20H27NO7S. The first kappa shape index (κ1) is 24.5. The zero-order valence-electron chi connectivity index (χ0n) is 17.4. The third-order valence-corrected chi connectivity index (χ3v) is 4.61. The Bertz CT molecular complexity index is 741. The average Bonchev–Trinajstić information content (AvgIpc) is 2.58. The standard InChI is InChI=1S/C20H27NO7S/c1-13(22)21-15(16(23)28-14-10-8-7-9-11-14)20(5,6)29-18(25)27-12-26-17(24)19(2,3)4/h7-11,15H,12H2,1-6H3,(H,21,22)/t15-/m0/s1. The summed E-state index contributed by atoms with van der Waals surface area (Å²) in [4.78, 5) is 48.0. The minimum Gasteiger partial charge on any atom is -0.427 e. The zero-order chi connectivity index (χ0) is 22.2. The molecule has 8 nitrogen and oxygen atoms in total. The Morgan fingerprint density at radius 1 is 1.00 bits per heavy atom. The molecule has 0 unspecified atom stereocenters. The van der Waals surface area contributed by atoms with Crippen LogP contribution in [0.4, 0.5) is 4.79 Å². The van der Waals surface area contributed by atoms with E-state index in [-0.39, 0.29) is 0 Å². The fourth-order valence-electron chi connectivity index (χ4n) is 2.03. The van der Waals surface area contributed by atoms with Gasteiger partial charge in [-0.1, -0.05) is 18.2 Å². The Balaban J connectivity index is 2.75. The molecule has 1 atom stereocenters. The molecule has 0 saturated carbocycles. The van der Waals surface area contributed by atoms with Gasteiger partial charge >= 0.3 is 17.2 Å². The fraction of sp³-hybridized carbons (Fsp3) is 0.500. The van der Waals surface area contributed by atoms with Crippen molar-refractivity contribution in [1.29, 1.82) is 0 Å². The highest BCUT2D eigenvalue weighted by Gasteiger charge is 2.40. The monoisotopic (exact) mass is 425 g/mol. The SMILES string of the molecule is CC(=O)N[C@@H](C(=O)Oc1ccccc1)C(C)(C)SC(=O)OCOC(=O)C(C)(C)C. The summed E-state index contributed by atoms with van der Waals surface area (Å²) in [5, 5.41) is 1.75. The van der Waals surface area contributed by atoms with Gasteiger partial charge in [-0.2, -0.15) is 0 Å². The van der Waals surface area contributed by atoms with Crippen LogP contribution < -0.4 is 10.1 Å². The van der Waals surface area contributed by atoms with E-state index in [1.165, 1.54) is 6.92 Å². The van der Waals surface area contributed by atoms with Crippen LogP contribution in [0.25, 0.3) is 0 Å². The van der Waals surface area contributed by atoms with Crippen molar-refractivity contribution in [3.05, 3.63) is 30.3 Å². The Morgan fingerprint density at radius 2 is 1.59 bits per heavy atom. The highest BCUT2D eigenvalue weighted by molar-refractivity contribution is 8.14. The number of para-hydroxylation sites is 1. The zero-order valence-corrected chi connectivity index (χ0v) is 18.3. The molecule has 0 aliphatic rings. The Morgan fingerprint density at radius 3 is 2.10 bits per heavy atom. The van der Waals surface area contributed by atoms with E-state index in [2.05, 4.69) is 5.32 Å². The van der Waals surface area contributed by atoms with Crippen molar-refractivity contribution in [3.63, 3.8) is 0 Å². The molecule has 160 valence electrons. The lowest BCUT2D eigenvalue weighted by Crippen LogP contribution is -2.54. The summed E-state index contributed by atoms with van der Waals surface area (Å²) in [6.45, 7) is 8.91. The summed E-state index contributed by atoms with van der Waals surface area (Å²) in [6.07, 6.45) is 0. The number of esters is 2. The number of nitrogens with one attached hydrogen (secondary N) is 1. The maximum Gasteiger partial charge on any atom is 0.370 e. The van der Waals surface area contributed by atoms with E-state index in [1.54, 1.807) is 65.0 Å². The number of rotatable bonds is 7. The molecule has 0 saturated heterocycles. The van der Waals surface area contributed by atoms with Crippen LogP contribution >= 0.6 is 11.8 Å². The average molecular weight is 426 g/mol. The molecular weight excluding hydrogens is 398 g/mol. The van der Waals surface area contributed by atoms with Gasteiger partial charge in [-0.05, 0) is 58.5 Å². The molecule has 9 heteroatoms. The Hall–Kier alpha value is -2.55. The maximum atomic E-state index is 12.6. The first-order valence-corrected chi connectivity index (χ1v) is 9.71. The van der Waals surface area contributed by atoms with E-state index in [9.17, 15) is 19.2 Å². The van der Waals surface area contributed by atoms with Crippen molar-refractivity contribution >= 4 is 34.9 Å². The third kappa shape index (κ3) is 8.55. The first-order chi connectivity index (χ1) is 13.3. The van der Waals surface area contributed by atoms with Crippen LogP contribution in [0.3, 0.4) is 0 Å². The van der Waals surface area contributed by atoms with Crippen LogP contribution in [-0.2, 0) is 23.9 Å². The number of thioether (sulfide) groups is 1. The van der Waals surface area contributed by atoms with Gasteiger partial charge in [0.05, 0.1) is 10.2 Å². The third-order valence-electron chi connectivity index (χ3n) is 3.57. The van der Waals surface area contributed by atoms with Gasteiger partial charge in [0.15, 0.2) is 0 Å². The van der Waals surface area contributed by atoms with Crippen LogP contribution in [-0.4, -0.2) is 40.7 Å². The molecule has 1 rings (SSSR count). The predicted octanol–water partition coefficient (Wildman–Crippen LogP) is 3.29. The van der Waals surface area contributed by atoms with Gasteiger partial charge in [0.1, 0.15) is 11.8 Å². The molecule has 0 aliphatic heterocycles. The smallest absolute Gasteiger partial charge is 0.370 e. The van der Waals surface area contributed by atoms with Gasteiger partial charge in [-0.25, -0.2) is 9.59 Å². The Labute approximate surface area is 174 Å². The van der Waals surface area contributed by atoms with E-state index >= 15 is 0 Å². The van der Waals surface area contributed by atoms with Crippen molar-refractivity contribution in [2.45, 2.75) is 52.3 Å². The van der Waals surface area contributed by atoms with E-state index in [1.807, 2.05) is 0 Å². The molecule has 1 N–H and O–H groups in total.